The molecule has 0 aromatic heterocycles. The van der Waals surface area contributed by atoms with E-state index in [4.69, 9.17) is 14.2 Å². The number of likely N-dealkylation sites (tertiary alicyclic amines) is 1. The Morgan fingerprint density at radius 3 is 2.77 bits per heavy atom. The van der Waals surface area contributed by atoms with Gasteiger partial charge >= 0.3 is 6.09 Å². The zero-order valence-corrected chi connectivity index (χ0v) is 12.8. The van der Waals surface area contributed by atoms with Crippen molar-refractivity contribution in [3.8, 4) is 0 Å². The number of nitrogens with zero attached hydrogens (tertiary/aromatic N) is 1. The van der Waals surface area contributed by atoms with Gasteiger partial charge in [-0.1, -0.05) is 30.3 Å². The average molecular weight is 307 g/mol. The van der Waals surface area contributed by atoms with Gasteiger partial charge in [0.1, 0.15) is 18.8 Å². The van der Waals surface area contributed by atoms with Gasteiger partial charge in [0, 0.05) is 0 Å². The van der Waals surface area contributed by atoms with Crippen molar-refractivity contribution < 1.29 is 24.1 Å². The summed E-state index contributed by atoms with van der Waals surface area (Å²) in [5.41, 5.74) is 0.921. The number of aliphatic hydroxyl groups is 1. The van der Waals surface area contributed by atoms with E-state index in [1.165, 1.54) is 4.90 Å². The number of amides is 1. The summed E-state index contributed by atoms with van der Waals surface area (Å²) in [5.74, 6) is -0.678. The number of benzene rings is 1. The molecule has 120 valence electrons. The average Bonchev–Trinajstić information content (AvgIpc) is 2.97. The molecular formula is C16H21NO5. The summed E-state index contributed by atoms with van der Waals surface area (Å²) >= 11 is 0. The van der Waals surface area contributed by atoms with Crippen molar-refractivity contribution in [3.63, 3.8) is 0 Å². The Morgan fingerprint density at radius 1 is 1.36 bits per heavy atom. The lowest BCUT2D eigenvalue weighted by Gasteiger charge is -2.28. The minimum absolute atomic E-state index is 0.180. The molecule has 0 spiro atoms. The molecule has 0 aliphatic carbocycles. The van der Waals surface area contributed by atoms with Gasteiger partial charge in [-0.05, 0) is 19.4 Å². The van der Waals surface area contributed by atoms with Crippen LogP contribution in [-0.4, -0.2) is 53.3 Å². The molecule has 1 aromatic carbocycles. The molecule has 1 aromatic rings. The van der Waals surface area contributed by atoms with Crippen LogP contribution in [0.1, 0.15) is 19.4 Å². The van der Waals surface area contributed by atoms with Gasteiger partial charge in [0.05, 0.1) is 19.2 Å². The number of hydrogen-bond donors (Lipinski definition) is 1. The topological polar surface area (TPSA) is 68.2 Å². The van der Waals surface area contributed by atoms with Gasteiger partial charge in [-0.3, -0.25) is 4.90 Å². The Balaban J connectivity index is 1.61. The normalized spacial score (nSPS) is 29.4. The maximum Gasteiger partial charge on any atom is 0.410 e. The number of fused-ring (bicyclic) bond motifs is 1. The van der Waals surface area contributed by atoms with Crippen LogP contribution in [0.5, 0.6) is 0 Å². The highest BCUT2D eigenvalue weighted by atomic mass is 16.8. The van der Waals surface area contributed by atoms with E-state index in [0.717, 1.165) is 5.56 Å². The molecule has 0 saturated carbocycles. The van der Waals surface area contributed by atoms with Crippen molar-refractivity contribution in [2.75, 3.05) is 13.2 Å². The first-order valence-corrected chi connectivity index (χ1v) is 7.44. The van der Waals surface area contributed by atoms with E-state index in [1.54, 1.807) is 0 Å². The van der Waals surface area contributed by atoms with Crippen LogP contribution in [0.15, 0.2) is 30.3 Å². The Kier molecular flexibility index (Phi) is 4.08. The molecule has 0 radical (unpaired) electrons. The van der Waals surface area contributed by atoms with Crippen LogP contribution < -0.4 is 0 Å². The summed E-state index contributed by atoms with van der Waals surface area (Å²) in [7, 11) is 0. The summed E-state index contributed by atoms with van der Waals surface area (Å²) < 4.78 is 16.9. The Labute approximate surface area is 129 Å². The van der Waals surface area contributed by atoms with Crippen LogP contribution in [0.25, 0.3) is 0 Å². The number of carbonyl (C=O) groups is 1. The smallest absolute Gasteiger partial charge is 0.410 e. The van der Waals surface area contributed by atoms with Gasteiger partial charge in [-0.2, -0.15) is 0 Å². The fraction of sp³-hybridized carbons (Fsp3) is 0.562. The molecule has 3 rings (SSSR count). The molecule has 2 fully saturated rings. The molecule has 1 N–H and O–H groups in total. The predicted octanol–water partition coefficient (Wildman–Crippen LogP) is 1.52. The van der Waals surface area contributed by atoms with Gasteiger partial charge in [-0.25, -0.2) is 4.79 Å². The van der Waals surface area contributed by atoms with Gasteiger partial charge in [-0.15, -0.1) is 0 Å². The van der Waals surface area contributed by atoms with Crippen molar-refractivity contribution in [2.45, 2.75) is 44.5 Å². The zero-order chi connectivity index (χ0) is 15.7. The number of carbonyl (C=O) groups excluding carboxylic acids is 1. The third kappa shape index (κ3) is 2.95. The molecule has 0 bridgehead atoms. The number of aliphatic hydroxyl groups excluding tert-OH is 1. The second-order valence-corrected chi connectivity index (χ2v) is 6.08. The van der Waals surface area contributed by atoms with Crippen LogP contribution in [0.3, 0.4) is 0 Å². The Bertz CT molecular complexity index is 533. The molecular weight excluding hydrogens is 286 g/mol. The largest absolute Gasteiger partial charge is 0.445 e. The minimum atomic E-state index is -0.678. The molecule has 2 heterocycles. The van der Waals surface area contributed by atoms with Crippen molar-refractivity contribution in [1.82, 2.24) is 4.90 Å². The molecule has 2 aliphatic rings. The molecule has 2 aliphatic heterocycles. The third-order valence-corrected chi connectivity index (χ3v) is 4.00. The van der Waals surface area contributed by atoms with Crippen LogP contribution in [-0.2, 0) is 20.8 Å². The van der Waals surface area contributed by atoms with Gasteiger partial charge in [0.15, 0.2) is 5.79 Å². The first kappa shape index (κ1) is 15.3. The first-order valence-electron chi connectivity index (χ1n) is 7.44. The second-order valence-electron chi connectivity index (χ2n) is 6.08. The number of ether oxygens (including phenoxy) is 3. The van der Waals surface area contributed by atoms with E-state index in [9.17, 15) is 9.90 Å². The summed E-state index contributed by atoms with van der Waals surface area (Å²) in [6.07, 6.45) is -0.997. The van der Waals surface area contributed by atoms with Gasteiger partial charge < -0.3 is 19.3 Å². The first-order chi connectivity index (χ1) is 10.5. The highest BCUT2D eigenvalue weighted by Gasteiger charge is 2.54. The summed E-state index contributed by atoms with van der Waals surface area (Å²) in [4.78, 5) is 13.8. The molecule has 2 saturated heterocycles. The standard InChI is InChI=1S/C16H21NO5/c1-16(2)21-13-8-17(12(9-18)14(13)22-16)15(19)20-10-11-6-4-3-5-7-11/h3-7,12-14,18H,8-10H2,1-2H3/t12-,13-,14+/m1/s1. The maximum absolute atomic E-state index is 12.3. The highest BCUT2D eigenvalue weighted by molar-refractivity contribution is 5.69. The highest BCUT2D eigenvalue weighted by Crippen LogP contribution is 2.36. The predicted molar refractivity (Wildman–Crippen MR) is 78.0 cm³/mol. The van der Waals surface area contributed by atoms with Crippen LogP contribution >= 0.6 is 0 Å². The lowest BCUT2D eigenvalue weighted by molar-refractivity contribution is -0.161. The lowest BCUT2D eigenvalue weighted by atomic mass is 10.1. The van der Waals surface area contributed by atoms with Gasteiger partial charge in [0.2, 0.25) is 0 Å². The summed E-state index contributed by atoms with van der Waals surface area (Å²) in [6.45, 7) is 4.06. The Hall–Kier alpha value is -1.63. The van der Waals surface area contributed by atoms with E-state index in [1.807, 2.05) is 44.2 Å². The molecule has 22 heavy (non-hydrogen) atoms. The third-order valence-electron chi connectivity index (χ3n) is 4.00. The van der Waals surface area contributed by atoms with Gasteiger partial charge in [0.25, 0.3) is 0 Å². The van der Waals surface area contributed by atoms with Crippen molar-refractivity contribution in [3.05, 3.63) is 35.9 Å². The molecule has 3 atom stereocenters. The second kappa shape index (κ2) is 5.87. The fourth-order valence-electron chi connectivity index (χ4n) is 3.05. The van der Waals surface area contributed by atoms with E-state index in [2.05, 4.69) is 0 Å². The van der Waals surface area contributed by atoms with Crippen molar-refractivity contribution in [1.29, 1.82) is 0 Å². The fourth-order valence-corrected chi connectivity index (χ4v) is 3.05. The number of rotatable bonds is 3. The minimum Gasteiger partial charge on any atom is -0.445 e. The number of hydrogen-bond acceptors (Lipinski definition) is 5. The lowest BCUT2D eigenvalue weighted by Crippen LogP contribution is -2.44. The summed E-state index contributed by atoms with van der Waals surface area (Å²) in [6, 6.07) is 9.04. The van der Waals surface area contributed by atoms with E-state index >= 15 is 0 Å². The summed E-state index contributed by atoms with van der Waals surface area (Å²) in [5, 5.41) is 9.60. The Morgan fingerprint density at radius 2 is 2.09 bits per heavy atom. The maximum atomic E-state index is 12.3. The van der Waals surface area contributed by atoms with Crippen LogP contribution in [0.2, 0.25) is 0 Å². The van der Waals surface area contributed by atoms with Crippen LogP contribution in [0, 0.1) is 0 Å². The molecule has 1 amide bonds. The van der Waals surface area contributed by atoms with E-state index in [0.29, 0.717) is 6.54 Å². The van der Waals surface area contributed by atoms with Crippen molar-refractivity contribution >= 4 is 6.09 Å². The van der Waals surface area contributed by atoms with E-state index in [-0.39, 0.29) is 25.4 Å². The monoisotopic (exact) mass is 307 g/mol. The van der Waals surface area contributed by atoms with E-state index < -0.39 is 17.9 Å². The van der Waals surface area contributed by atoms with Crippen LogP contribution in [0.4, 0.5) is 4.79 Å². The molecule has 6 heteroatoms. The zero-order valence-electron chi connectivity index (χ0n) is 12.8. The SMILES string of the molecule is CC1(C)O[C@H]2[C@@H](CO)N(C(=O)OCc3ccccc3)C[C@H]2O1. The molecule has 0 unspecified atom stereocenters. The van der Waals surface area contributed by atoms with Crippen molar-refractivity contribution in [2.24, 2.45) is 0 Å². The quantitative estimate of drug-likeness (QED) is 0.917. The molecule has 6 nitrogen and oxygen atoms in total.